The average Bonchev–Trinajstić information content (AvgIpc) is 2.77. The second-order valence-corrected chi connectivity index (χ2v) is 8.03. The summed E-state index contributed by atoms with van der Waals surface area (Å²) in [5.74, 6) is -1.07. The number of rotatable bonds is 6. The molecule has 4 rings (SSSR count). The van der Waals surface area contributed by atoms with Crippen molar-refractivity contribution in [1.29, 1.82) is 0 Å². The van der Waals surface area contributed by atoms with Crippen molar-refractivity contribution in [2.75, 3.05) is 33.0 Å². The molecule has 1 amide bonds. The molecule has 2 aromatic rings. The lowest BCUT2D eigenvalue weighted by Crippen LogP contribution is -2.51. The summed E-state index contributed by atoms with van der Waals surface area (Å²) in [5, 5.41) is 9.30. The van der Waals surface area contributed by atoms with E-state index in [2.05, 4.69) is 4.98 Å². The summed E-state index contributed by atoms with van der Waals surface area (Å²) in [4.78, 5) is 31.7. The molecule has 0 saturated carbocycles. The zero-order valence-corrected chi connectivity index (χ0v) is 18.1. The highest BCUT2D eigenvalue weighted by Crippen LogP contribution is 2.37. The Labute approximate surface area is 185 Å². The second kappa shape index (κ2) is 9.13. The van der Waals surface area contributed by atoms with E-state index in [4.69, 9.17) is 18.9 Å². The molecule has 0 bridgehead atoms. The highest BCUT2D eigenvalue weighted by atomic mass is 16.7. The zero-order chi connectivity index (χ0) is 22.7. The molecular formula is C23H26N2O7. The first-order valence-corrected chi connectivity index (χ1v) is 10.5. The van der Waals surface area contributed by atoms with Crippen LogP contribution in [0.25, 0.3) is 0 Å². The van der Waals surface area contributed by atoms with E-state index in [0.29, 0.717) is 48.9 Å². The minimum Gasteiger partial charge on any atom is -0.490 e. The van der Waals surface area contributed by atoms with Gasteiger partial charge in [-0.25, -0.2) is 4.79 Å². The molecule has 0 unspecified atom stereocenters. The van der Waals surface area contributed by atoms with Crippen molar-refractivity contribution in [2.45, 2.75) is 32.1 Å². The van der Waals surface area contributed by atoms with E-state index in [9.17, 15) is 14.7 Å². The lowest BCUT2D eigenvalue weighted by molar-refractivity contribution is -0.127. The van der Waals surface area contributed by atoms with Gasteiger partial charge in [0, 0.05) is 39.6 Å². The molecule has 1 fully saturated rings. The quantitative estimate of drug-likeness (QED) is 0.675. The lowest BCUT2D eigenvalue weighted by Gasteiger charge is -2.36. The maximum atomic E-state index is 13.3. The highest BCUT2D eigenvalue weighted by molar-refractivity contribution is 5.97. The molecule has 170 valence electrons. The Hall–Kier alpha value is -3.17. The lowest BCUT2D eigenvalue weighted by atomic mass is 10.1. The molecule has 1 N–H and O–H groups in total. The molecule has 2 aliphatic heterocycles. The maximum absolute atomic E-state index is 13.3. The van der Waals surface area contributed by atoms with Crippen molar-refractivity contribution >= 4 is 11.9 Å². The molecule has 3 heterocycles. The second-order valence-electron chi connectivity index (χ2n) is 8.03. The molecule has 1 atom stereocenters. The van der Waals surface area contributed by atoms with Gasteiger partial charge in [-0.2, -0.15) is 0 Å². The number of benzene rings is 1. The number of cyclic esters (lactones) is 1. The van der Waals surface area contributed by atoms with Gasteiger partial charge in [0.15, 0.2) is 0 Å². The summed E-state index contributed by atoms with van der Waals surface area (Å²) in [5.41, 5.74) is 1.22. The van der Waals surface area contributed by atoms with Gasteiger partial charge < -0.3 is 29.0 Å². The number of aromatic nitrogens is 1. The number of ether oxygens (including phenoxy) is 4. The standard InChI is InChI=1S/C23H26N2O7/c1-23(2)31-19-7-3-6-18(20(19)22(28)32-23)30-14-15-13-29-12-10-25(15)21(27)16-5-4-9-24-17(16)8-11-26/h3-7,9,15,26H,8,10-14H2,1-2H3/t15-/m0/s1. The predicted octanol–water partition coefficient (Wildman–Crippen LogP) is 1.82. The minimum absolute atomic E-state index is 0.0962. The third-order valence-corrected chi connectivity index (χ3v) is 5.28. The number of esters is 1. The molecular weight excluding hydrogens is 416 g/mol. The van der Waals surface area contributed by atoms with Crippen LogP contribution in [0.4, 0.5) is 0 Å². The van der Waals surface area contributed by atoms with Crippen molar-refractivity contribution < 1.29 is 33.6 Å². The Morgan fingerprint density at radius 1 is 1.28 bits per heavy atom. The third kappa shape index (κ3) is 4.53. The first kappa shape index (κ1) is 22.0. The van der Waals surface area contributed by atoms with Crippen LogP contribution in [0.1, 0.15) is 40.3 Å². The van der Waals surface area contributed by atoms with Crippen molar-refractivity contribution in [3.05, 3.63) is 53.3 Å². The van der Waals surface area contributed by atoms with Crippen molar-refractivity contribution in [2.24, 2.45) is 0 Å². The van der Waals surface area contributed by atoms with E-state index in [1.54, 1.807) is 55.3 Å². The molecule has 1 aromatic carbocycles. The van der Waals surface area contributed by atoms with Crippen LogP contribution in [0.5, 0.6) is 11.5 Å². The van der Waals surface area contributed by atoms with Crippen LogP contribution in [-0.2, 0) is 15.9 Å². The van der Waals surface area contributed by atoms with Gasteiger partial charge in [0.05, 0.1) is 30.5 Å². The summed E-state index contributed by atoms with van der Waals surface area (Å²) in [6.07, 6.45) is 1.89. The molecule has 9 heteroatoms. The van der Waals surface area contributed by atoms with Crippen LogP contribution in [0.2, 0.25) is 0 Å². The third-order valence-electron chi connectivity index (χ3n) is 5.28. The number of carbonyl (C=O) groups is 2. The smallest absolute Gasteiger partial charge is 0.349 e. The molecule has 0 radical (unpaired) electrons. The Balaban J connectivity index is 1.52. The minimum atomic E-state index is -1.06. The number of morpholine rings is 1. The predicted molar refractivity (Wildman–Crippen MR) is 113 cm³/mol. The van der Waals surface area contributed by atoms with Gasteiger partial charge in [-0.3, -0.25) is 9.78 Å². The van der Waals surface area contributed by atoms with Gasteiger partial charge in [-0.1, -0.05) is 6.07 Å². The van der Waals surface area contributed by atoms with Gasteiger partial charge in [-0.15, -0.1) is 0 Å². The monoisotopic (exact) mass is 442 g/mol. The van der Waals surface area contributed by atoms with Crippen LogP contribution in [0.3, 0.4) is 0 Å². The number of carbonyl (C=O) groups excluding carboxylic acids is 2. The first-order chi connectivity index (χ1) is 15.4. The first-order valence-electron chi connectivity index (χ1n) is 10.5. The van der Waals surface area contributed by atoms with Gasteiger partial charge >= 0.3 is 5.97 Å². The van der Waals surface area contributed by atoms with Gasteiger partial charge in [0.2, 0.25) is 5.79 Å². The summed E-state index contributed by atoms with van der Waals surface area (Å²) < 4.78 is 22.6. The summed E-state index contributed by atoms with van der Waals surface area (Å²) in [6.45, 7) is 4.45. The van der Waals surface area contributed by atoms with Crippen LogP contribution in [0, 0.1) is 0 Å². The van der Waals surface area contributed by atoms with E-state index in [1.807, 2.05) is 0 Å². The van der Waals surface area contributed by atoms with Crippen LogP contribution in [0.15, 0.2) is 36.5 Å². The molecule has 1 aromatic heterocycles. The normalized spacial score (nSPS) is 19.5. The summed E-state index contributed by atoms with van der Waals surface area (Å²) in [7, 11) is 0. The van der Waals surface area contributed by atoms with Crippen molar-refractivity contribution in [1.82, 2.24) is 9.88 Å². The molecule has 32 heavy (non-hydrogen) atoms. The fourth-order valence-electron chi connectivity index (χ4n) is 3.82. The Bertz CT molecular complexity index is 1010. The Morgan fingerprint density at radius 2 is 2.12 bits per heavy atom. The number of amides is 1. The molecule has 2 aliphatic rings. The fraction of sp³-hybridized carbons (Fsp3) is 0.435. The number of pyridine rings is 1. The number of fused-ring (bicyclic) bond motifs is 1. The number of aliphatic hydroxyl groups is 1. The van der Waals surface area contributed by atoms with Gasteiger partial charge in [0.1, 0.15) is 23.7 Å². The van der Waals surface area contributed by atoms with Crippen molar-refractivity contribution in [3.8, 4) is 11.5 Å². The zero-order valence-electron chi connectivity index (χ0n) is 18.1. The number of hydrogen-bond donors (Lipinski definition) is 1. The van der Waals surface area contributed by atoms with E-state index < -0.39 is 11.8 Å². The van der Waals surface area contributed by atoms with E-state index in [0.717, 1.165) is 0 Å². The molecule has 1 saturated heterocycles. The summed E-state index contributed by atoms with van der Waals surface area (Å²) in [6, 6.07) is 8.12. The fourth-order valence-corrected chi connectivity index (χ4v) is 3.82. The topological polar surface area (TPSA) is 107 Å². The Kier molecular flexibility index (Phi) is 6.29. The SMILES string of the molecule is CC1(C)OC(=O)c2c(OC[C@@H]3COCCN3C(=O)c3cccnc3CCO)cccc2O1. The van der Waals surface area contributed by atoms with Gasteiger partial charge in [-0.05, 0) is 24.3 Å². The van der Waals surface area contributed by atoms with Crippen LogP contribution >= 0.6 is 0 Å². The molecule has 0 spiro atoms. The van der Waals surface area contributed by atoms with E-state index in [-0.39, 0.29) is 30.7 Å². The maximum Gasteiger partial charge on any atom is 0.349 e. The van der Waals surface area contributed by atoms with Gasteiger partial charge in [0.25, 0.3) is 5.91 Å². The van der Waals surface area contributed by atoms with E-state index >= 15 is 0 Å². The number of nitrogens with zero attached hydrogens (tertiary/aromatic N) is 2. The van der Waals surface area contributed by atoms with Crippen molar-refractivity contribution in [3.63, 3.8) is 0 Å². The molecule has 0 aliphatic carbocycles. The highest BCUT2D eigenvalue weighted by Gasteiger charge is 2.37. The van der Waals surface area contributed by atoms with Crippen LogP contribution in [-0.4, -0.2) is 71.7 Å². The average molecular weight is 442 g/mol. The molecule has 9 nitrogen and oxygen atoms in total. The number of aliphatic hydroxyl groups excluding tert-OH is 1. The largest absolute Gasteiger partial charge is 0.490 e. The Morgan fingerprint density at radius 3 is 2.94 bits per heavy atom. The van der Waals surface area contributed by atoms with Crippen LogP contribution < -0.4 is 9.47 Å². The summed E-state index contributed by atoms with van der Waals surface area (Å²) >= 11 is 0. The number of hydrogen-bond acceptors (Lipinski definition) is 8. The van der Waals surface area contributed by atoms with E-state index in [1.165, 1.54) is 0 Å².